The maximum absolute atomic E-state index is 11.9. The third-order valence-corrected chi connectivity index (χ3v) is 2.51. The van der Waals surface area contributed by atoms with Gasteiger partial charge in [0.15, 0.2) is 0 Å². The molecule has 1 atom stereocenters. The van der Waals surface area contributed by atoms with Crippen molar-refractivity contribution in [2.75, 3.05) is 0 Å². The summed E-state index contributed by atoms with van der Waals surface area (Å²) in [4.78, 5) is 26.8. The number of carbonyl (C=O) groups is 2. The van der Waals surface area contributed by atoms with E-state index in [4.69, 9.17) is 10.8 Å². The van der Waals surface area contributed by atoms with Crippen LogP contribution in [0.2, 0.25) is 0 Å². The number of nitrogens with two attached hydrogens (primary N) is 1. The van der Waals surface area contributed by atoms with Crippen LogP contribution in [0, 0.1) is 5.92 Å². The number of aromatic nitrogens is 1. The van der Waals surface area contributed by atoms with Crippen LogP contribution < -0.4 is 11.1 Å². The van der Waals surface area contributed by atoms with E-state index in [2.05, 4.69) is 10.3 Å². The summed E-state index contributed by atoms with van der Waals surface area (Å²) in [6.07, 6.45) is 1.47. The molecule has 6 nitrogen and oxygen atoms in total. The van der Waals surface area contributed by atoms with E-state index in [0.29, 0.717) is 11.3 Å². The Kier molecular flexibility index (Phi) is 4.79. The molecular formula is C12H17N3O3. The number of carbonyl (C=O) groups excluding carboxylic acids is 1. The summed E-state index contributed by atoms with van der Waals surface area (Å²) in [5.74, 6) is -1.68. The molecule has 0 spiro atoms. The van der Waals surface area contributed by atoms with Gasteiger partial charge in [-0.15, -0.1) is 0 Å². The van der Waals surface area contributed by atoms with Gasteiger partial charge in [-0.1, -0.05) is 13.8 Å². The van der Waals surface area contributed by atoms with E-state index in [9.17, 15) is 9.59 Å². The standard InChI is InChI=1S/C12H17N3O3/c1-7(2)10(12(17)18)15-11(16)8-3-4-14-9(5-8)6-13/h3-5,7,10H,6,13H2,1-2H3,(H,15,16)(H,17,18)/t10-/m0/s1. The number of aliphatic carboxylic acids is 1. The highest BCUT2D eigenvalue weighted by molar-refractivity contribution is 5.96. The molecule has 0 aliphatic carbocycles. The molecule has 1 amide bonds. The van der Waals surface area contributed by atoms with Gasteiger partial charge in [0.25, 0.3) is 5.91 Å². The summed E-state index contributed by atoms with van der Waals surface area (Å²) in [5.41, 5.74) is 6.37. The summed E-state index contributed by atoms with van der Waals surface area (Å²) in [6, 6.07) is 2.16. The van der Waals surface area contributed by atoms with Gasteiger partial charge < -0.3 is 16.2 Å². The maximum Gasteiger partial charge on any atom is 0.326 e. The van der Waals surface area contributed by atoms with Crippen LogP contribution in [-0.4, -0.2) is 28.0 Å². The number of hydrogen-bond donors (Lipinski definition) is 3. The lowest BCUT2D eigenvalue weighted by Gasteiger charge is -2.17. The molecule has 0 saturated carbocycles. The molecule has 0 aliphatic rings. The van der Waals surface area contributed by atoms with Crippen molar-refractivity contribution >= 4 is 11.9 Å². The second kappa shape index (κ2) is 6.11. The number of carboxylic acids is 1. The van der Waals surface area contributed by atoms with Crippen LogP contribution in [0.3, 0.4) is 0 Å². The molecule has 0 bridgehead atoms. The average Bonchev–Trinajstić information content (AvgIpc) is 2.34. The summed E-state index contributed by atoms with van der Waals surface area (Å²) < 4.78 is 0. The Morgan fingerprint density at radius 2 is 2.17 bits per heavy atom. The van der Waals surface area contributed by atoms with Crippen molar-refractivity contribution in [3.05, 3.63) is 29.6 Å². The topological polar surface area (TPSA) is 105 Å². The van der Waals surface area contributed by atoms with Gasteiger partial charge in [-0.2, -0.15) is 0 Å². The molecule has 0 saturated heterocycles. The Labute approximate surface area is 105 Å². The van der Waals surface area contributed by atoms with Crippen molar-refractivity contribution in [3.8, 4) is 0 Å². The van der Waals surface area contributed by atoms with Gasteiger partial charge in [-0.25, -0.2) is 4.79 Å². The van der Waals surface area contributed by atoms with Crippen molar-refractivity contribution in [1.82, 2.24) is 10.3 Å². The fourth-order valence-corrected chi connectivity index (χ4v) is 1.47. The van der Waals surface area contributed by atoms with Crippen LogP contribution in [0.25, 0.3) is 0 Å². The Morgan fingerprint density at radius 1 is 1.50 bits per heavy atom. The number of nitrogens with zero attached hydrogens (tertiary/aromatic N) is 1. The molecule has 0 aliphatic heterocycles. The Morgan fingerprint density at radius 3 is 2.67 bits per heavy atom. The number of carboxylic acid groups (broad SMARTS) is 1. The highest BCUT2D eigenvalue weighted by Gasteiger charge is 2.23. The van der Waals surface area contributed by atoms with E-state index in [1.807, 2.05) is 0 Å². The summed E-state index contributed by atoms with van der Waals surface area (Å²) in [7, 11) is 0. The molecule has 0 fully saturated rings. The number of amides is 1. The van der Waals surface area contributed by atoms with Crippen molar-refractivity contribution in [2.45, 2.75) is 26.4 Å². The predicted molar refractivity (Wildman–Crippen MR) is 65.9 cm³/mol. The van der Waals surface area contributed by atoms with Crippen molar-refractivity contribution in [3.63, 3.8) is 0 Å². The van der Waals surface area contributed by atoms with Gasteiger partial charge in [-0.05, 0) is 18.1 Å². The van der Waals surface area contributed by atoms with Crippen molar-refractivity contribution in [1.29, 1.82) is 0 Å². The zero-order valence-corrected chi connectivity index (χ0v) is 10.4. The second-order valence-electron chi connectivity index (χ2n) is 4.27. The predicted octanol–water partition coefficient (Wildman–Crippen LogP) is 0.379. The highest BCUT2D eigenvalue weighted by Crippen LogP contribution is 2.06. The van der Waals surface area contributed by atoms with E-state index in [-0.39, 0.29) is 12.5 Å². The number of nitrogens with one attached hydrogen (secondary N) is 1. The third-order valence-electron chi connectivity index (χ3n) is 2.51. The molecule has 1 aromatic heterocycles. The molecule has 1 heterocycles. The average molecular weight is 251 g/mol. The first-order valence-corrected chi connectivity index (χ1v) is 5.64. The smallest absolute Gasteiger partial charge is 0.326 e. The Balaban J connectivity index is 2.83. The fourth-order valence-electron chi connectivity index (χ4n) is 1.47. The number of hydrogen-bond acceptors (Lipinski definition) is 4. The molecular weight excluding hydrogens is 234 g/mol. The minimum Gasteiger partial charge on any atom is -0.480 e. The first-order valence-electron chi connectivity index (χ1n) is 5.64. The van der Waals surface area contributed by atoms with Crippen LogP contribution in [0.15, 0.2) is 18.3 Å². The SMILES string of the molecule is CC(C)[C@H](NC(=O)c1ccnc(CN)c1)C(=O)O. The quantitative estimate of drug-likeness (QED) is 0.701. The molecule has 4 N–H and O–H groups in total. The Hall–Kier alpha value is -1.95. The molecule has 18 heavy (non-hydrogen) atoms. The number of rotatable bonds is 5. The van der Waals surface area contributed by atoms with E-state index in [1.165, 1.54) is 12.3 Å². The van der Waals surface area contributed by atoms with Crippen LogP contribution in [0.1, 0.15) is 29.9 Å². The van der Waals surface area contributed by atoms with Gasteiger partial charge in [0.2, 0.25) is 0 Å². The van der Waals surface area contributed by atoms with E-state index in [0.717, 1.165) is 0 Å². The minimum atomic E-state index is -1.05. The molecule has 0 unspecified atom stereocenters. The molecule has 6 heteroatoms. The van der Waals surface area contributed by atoms with E-state index < -0.39 is 17.9 Å². The van der Waals surface area contributed by atoms with Crippen molar-refractivity contribution in [2.24, 2.45) is 11.7 Å². The zero-order valence-electron chi connectivity index (χ0n) is 10.4. The van der Waals surface area contributed by atoms with E-state index >= 15 is 0 Å². The first kappa shape index (κ1) is 14.1. The monoisotopic (exact) mass is 251 g/mol. The zero-order chi connectivity index (χ0) is 13.7. The van der Waals surface area contributed by atoms with Gasteiger partial charge in [0.1, 0.15) is 6.04 Å². The van der Waals surface area contributed by atoms with Crippen LogP contribution in [0.4, 0.5) is 0 Å². The summed E-state index contributed by atoms with van der Waals surface area (Å²) >= 11 is 0. The van der Waals surface area contributed by atoms with Gasteiger partial charge in [0.05, 0.1) is 5.69 Å². The van der Waals surface area contributed by atoms with Crippen LogP contribution in [-0.2, 0) is 11.3 Å². The first-order chi connectivity index (χ1) is 8.45. The minimum absolute atomic E-state index is 0.192. The second-order valence-corrected chi connectivity index (χ2v) is 4.27. The molecule has 1 aromatic rings. The molecule has 98 valence electrons. The third kappa shape index (κ3) is 3.53. The largest absolute Gasteiger partial charge is 0.480 e. The number of pyridine rings is 1. The molecule has 0 radical (unpaired) electrons. The van der Waals surface area contributed by atoms with Gasteiger partial charge in [0, 0.05) is 18.3 Å². The van der Waals surface area contributed by atoms with E-state index in [1.54, 1.807) is 19.9 Å². The van der Waals surface area contributed by atoms with Crippen LogP contribution >= 0.6 is 0 Å². The van der Waals surface area contributed by atoms with Gasteiger partial charge >= 0.3 is 5.97 Å². The lowest BCUT2D eigenvalue weighted by molar-refractivity contribution is -0.140. The molecule has 1 rings (SSSR count). The van der Waals surface area contributed by atoms with Gasteiger partial charge in [-0.3, -0.25) is 9.78 Å². The lowest BCUT2D eigenvalue weighted by atomic mass is 10.0. The maximum atomic E-state index is 11.9. The molecule has 0 aromatic carbocycles. The highest BCUT2D eigenvalue weighted by atomic mass is 16.4. The summed E-state index contributed by atoms with van der Waals surface area (Å²) in [5, 5.41) is 11.5. The normalized spacial score (nSPS) is 12.2. The Bertz CT molecular complexity index is 446. The van der Waals surface area contributed by atoms with Crippen molar-refractivity contribution < 1.29 is 14.7 Å². The van der Waals surface area contributed by atoms with Crippen LogP contribution in [0.5, 0.6) is 0 Å². The lowest BCUT2D eigenvalue weighted by Crippen LogP contribution is -2.44. The summed E-state index contributed by atoms with van der Waals surface area (Å²) in [6.45, 7) is 3.70. The fraction of sp³-hybridized carbons (Fsp3) is 0.417.